The van der Waals surface area contributed by atoms with E-state index < -0.39 is 0 Å². The maximum atomic E-state index is 5.94. The molecule has 0 aliphatic rings. The van der Waals surface area contributed by atoms with Gasteiger partial charge in [0, 0.05) is 23.8 Å². The first kappa shape index (κ1) is 10.2. The Morgan fingerprint density at radius 3 is 2.82 bits per heavy atom. The minimum atomic E-state index is 0.662. The molecule has 0 saturated carbocycles. The normalized spacial score (nSPS) is 10.9. The molecule has 84 valence electrons. The highest BCUT2D eigenvalue weighted by Gasteiger charge is 2.04. The predicted molar refractivity (Wildman–Crippen MR) is 66.8 cm³/mol. The SMILES string of the molecule is Cn1cc(-c2cnc3ccc(Cl)cc3n2)cn1. The number of nitrogens with zero attached hydrogens (tertiary/aromatic N) is 4. The summed E-state index contributed by atoms with van der Waals surface area (Å²) in [5.41, 5.74) is 3.37. The van der Waals surface area contributed by atoms with Crippen molar-refractivity contribution in [3.63, 3.8) is 0 Å². The lowest BCUT2D eigenvalue weighted by atomic mass is 10.2. The maximum Gasteiger partial charge on any atom is 0.0924 e. The third-order valence-corrected chi connectivity index (χ3v) is 2.74. The number of halogens is 1. The van der Waals surface area contributed by atoms with Crippen LogP contribution in [0.25, 0.3) is 22.3 Å². The van der Waals surface area contributed by atoms with Crippen LogP contribution in [0.15, 0.2) is 36.8 Å². The van der Waals surface area contributed by atoms with Gasteiger partial charge < -0.3 is 0 Å². The van der Waals surface area contributed by atoms with Crippen molar-refractivity contribution in [2.24, 2.45) is 7.05 Å². The molecule has 1 aromatic carbocycles. The summed E-state index contributed by atoms with van der Waals surface area (Å²) in [5.74, 6) is 0. The second-order valence-corrected chi connectivity index (χ2v) is 4.23. The summed E-state index contributed by atoms with van der Waals surface area (Å²) < 4.78 is 1.74. The van der Waals surface area contributed by atoms with Gasteiger partial charge in [0.05, 0.1) is 29.1 Å². The van der Waals surface area contributed by atoms with E-state index in [9.17, 15) is 0 Å². The van der Waals surface area contributed by atoms with Crippen LogP contribution in [0, 0.1) is 0 Å². The number of rotatable bonds is 1. The van der Waals surface area contributed by atoms with Gasteiger partial charge in [0.1, 0.15) is 0 Å². The smallest absolute Gasteiger partial charge is 0.0924 e. The fourth-order valence-electron chi connectivity index (χ4n) is 1.68. The quantitative estimate of drug-likeness (QED) is 0.661. The summed E-state index contributed by atoms with van der Waals surface area (Å²) in [6.45, 7) is 0. The molecule has 0 bridgehead atoms. The largest absolute Gasteiger partial charge is 0.275 e. The summed E-state index contributed by atoms with van der Waals surface area (Å²) in [6, 6.07) is 5.48. The molecule has 17 heavy (non-hydrogen) atoms. The zero-order valence-corrected chi connectivity index (χ0v) is 9.89. The van der Waals surface area contributed by atoms with Gasteiger partial charge in [0.2, 0.25) is 0 Å². The lowest BCUT2D eigenvalue weighted by Gasteiger charge is -2.00. The van der Waals surface area contributed by atoms with Gasteiger partial charge in [-0.1, -0.05) is 11.6 Å². The summed E-state index contributed by atoms with van der Waals surface area (Å²) in [7, 11) is 1.87. The Bertz CT molecular complexity index is 690. The Hall–Kier alpha value is -1.94. The number of hydrogen-bond donors (Lipinski definition) is 0. The van der Waals surface area contributed by atoms with Crippen LogP contribution >= 0.6 is 11.6 Å². The van der Waals surface area contributed by atoms with Crippen molar-refractivity contribution in [3.8, 4) is 11.3 Å². The van der Waals surface area contributed by atoms with Crippen LogP contribution in [0.3, 0.4) is 0 Å². The van der Waals surface area contributed by atoms with E-state index in [1.165, 1.54) is 0 Å². The number of aryl methyl sites for hydroxylation is 1. The molecule has 0 radical (unpaired) electrons. The molecule has 5 heteroatoms. The second-order valence-electron chi connectivity index (χ2n) is 3.79. The standard InChI is InChI=1S/C12H9ClN4/c1-17-7-8(5-15-17)12-6-14-10-3-2-9(13)4-11(10)16-12/h2-7H,1H3. The van der Waals surface area contributed by atoms with Crippen molar-refractivity contribution < 1.29 is 0 Å². The van der Waals surface area contributed by atoms with Crippen molar-refractivity contribution in [2.45, 2.75) is 0 Å². The molecule has 0 spiro atoms. The van der Waals surface area contributed by atoms with E-state index in [4.69, 9.17) is 11.6 Å². The van der Waals surface area contributed by atoms with Gasteiger partial charge in [-0.3, -0.25) is 9.67 Å². The molecule has 0 aliphatic carbocycles. The van der Waals surface area contributed by atoms with E-state index in [2.05, 4.69) is 15.1 Å². The van der Waals surface area contributed by atoms with Crippen molar-refractivity contribution in [1.82, 2.24) is 19.7 Å². The van der Waals surface area contributed by atoms with Gasteiger partial charge in [-0.2, -0.15) is 5.10 Å². The van der Waals surface area contributed by atoms with Crippen LogP contribution in [-0.2, 0) is 7.05 Å². The average Bonchev–Trinajstić information content (AvgIpc) is 2.75. The van der Waals surface area contributed by atoms with Crippen molar-refractivity contribution in [3.05, 3.63) is 41.8 Å². The molecule has 4 nitrogen and oxygen atoms in total. The molecular weight excluding hydrogens is 236 g/mol. The van der Waals surface area contributed by atoms with E-state index >= 15 is 0 Å². The zero-order valence-electron chi connectivity index (χ0n) is 9.13. The molecule has 0 atom stereocenters. The van der Waals surface area contributed by atoms with Crippen LogP contribution in [-0.4, -0.2) is 19.7 Å². The first-order valence-corrected chi connectivity index (χ1v) is 5.51. The monoisotopic (exact) mass is 244 g/mol. The van der Waals surface area contributed by atoms with Crippen LogP contribution < -0.4 is 0 Å². The molecule has 2 heterocycles. The van der Waals surface area contributed by atoms with Crippen LogP contribution in [0.5, 0.6) is 0 Å². The first-order chi connectivity index (χ1) is 8.22. The number of benzene rings is 1. The molecule has 0 unspecified atom stereocenters. The molecule has 0 amide bonds. The van der Waals surface area contributed by atoms with E-state index in [0.717, 1.165) is 22.3 Å². The number of hydrogen-bond acceptors (Lipinski definition) is 3. The van der Waals surface area contributed by atoms with Crippen LogP contribution in [0.1, 0.15) is 0 Å². The van der Waals surface area contributed by atoms with Gasteiger partial charge in [-0.25, -0.2) is 4.98 Å². The Balaban J connectivity index is 2.18. The van der Waals surface area contributed by atoms with Gasteiger partial charge in [-0.05, 0) is 18.2 Å². The summed E-state index contributed by atoms with van der Waals surface area (Å²) in [6.07, 6.45) is 5.41. The fraction of sp³-hybridized carbons (Fsp3) is 0.0833. The second kappa shape index (κ2) is 3.82. The highest BCUT2D eigenvalue weighted by Crippen LogP contribution is 2.20. The molecule has 3 rings (SSSR count). The number of aromatic nitrogens is 4. The third-order valence-electron chi connectivity index (χ3n) is 2.50. The zero-order chi connectivity index (χ0) is 11.8. The topological polar surface area (TPSA) is 43.6 Å². The summed E-state index contributed by atoms with van der Waals surface area (Å²) >= 11 is 5.94. The van der Waals surface area contributed by atoms with Crippen molar-refractivity contribution in [1.29, 1.82) is 0 Å². The molecule has 2 aromatic heterocycles. The lowest BCUT2D eigenvalue weighted by molar-refractivity contribution is 0.768. The van der Waals surface area contributed by atoms with Crippen molar-refractivity contribution in [2.75, 3.05) is 0 Å². The Morgan fingerprint density at radius 2 is 2.06 bits per heavy atom. The summed E-state index contributed by atoms with van der Waals surface area (Å²) in [4.78, 5) is 8.87. The summed E-state index contributed by atoms with van der Waals surface area (Å²) in [5, 5.41) is 4.78. The van der Waals surface area contributed by atoms with Gasteiger partial charge >= 0.3 is 0 Å². The number of fused-ring (bicyclic) bond motifs is 1. The maximum absolute atomic E-state index is 5.94. The lowest BCUT2D eigenvalue weighted by Crippen LogP contribution is -1.88. The minimum absolute atomic E-state index is 0.662. The molecule has 0 aliphatic heterocycles. The molecule has 0 saturated heterocycles. The molecular formula is C12H9ClN4. The van der Waals surface area contributed by atoms with E-state index in [-0.39, 0.29) is 0 Å². The fourth-order valence-corrected chi connectivity index (χ4v) is 1.84. The predicted octanol–water partition coefficient (Wildman–Crippen LogP) is 2.68. The minimum Gasteiger partial charge on any atom is -0.275 e. The van der Waals surface area contributed by atoms with Crippen LogP contribution in [0.4, 0.5) is 0 Å². The first-order valence-electron chi connectivity index (χ1n) is 5.14. The van der Waals surface area contributed by atoms with Crippen molar-refractivity contribution >= 4 is 22.6 Å². The molecule has 3 aromatic rings. The van der Waals surface area contributed by atoms with E-state index in [1.807, 2.05) is 31.4 Å². The highest BCUT2D eigenvalue weighted by molar-refractivity contribution is 6.31. The average molecular weight is 245 g/mol. The Morgan fingerprint density at radius 1 is 1.18 bits per heavy atom. The van der Waals surface area contributed by atoms with Gasteiger partial charge in [0.15, 0.2) is 0 Å². The molecule has 0 N–H and O–H groups in total. The Kier molecular flexibility index (Phi) is 2.30. The highest BCUT2D eigenvalue weighted by atomic mass is 35.5. The van der Waals surface area contributed by atoms with E-state index in [0.29, 0.717) is 5.02 Å². The third kappa shape index (κ3) is 1.87. The van der Waals surface area contributed by atoms with E-state index in [1.54, 1.807) is 17.1 Å². The van der Waals surface area contributed by atoms with Gasteiger partial charge in [0.25, 0.3) is 0 Å². The molecule has 0 fully saturated rings. The Labute approximate surface area is 103 Å². The van der Waals surface area contributed by atoms with Crippen LogP contribution in [0.2, 0.25) is 5.02 Å². The van der Waals surface area contributed by atoms with Gasteiger partial charge in [-0.15, -0.1) is 0 Å².